The van der Waals surface area contributed by atoms with Crippen molar-refractivity contribution >= 4 is 5.91 Å². The number of rotatable bonds is 41. The zero-order valence-electron chi connectivity index (χ0n) is 32.7. The van der Waals surface area contributed by atoms with Crippen LogP contribution in [-0.4, -0.2) is 23.7 Å². The minimum atomic E-state index is -0.262. The summed E-state index contributed by atoms with van der Waals surface area (Å²) in [5.74, 6) is 0.168. The maximum atomic E-state index is 12.1. The van der Waals surface area contributed by atoms with Gasteiger partial charge in [-0.3, -0.25) is 4.79 Å². The van der Waals surface area contributed by atoms with Gasteiger partial charge in [-0.05, 0) is 19.3 Å². The first kappa shape index (κ1) is 46.4. The smallest absolute Gasteiger partial charge is 0.219 e. The van der Waals surface area contributed by atoms with Crippen molar-refractivity contribution in [3.05, 3.63) is 0 Å². The van der Waals surface area contributed by atoms with E-state index >= 15 is 0 Å². The van der Waals surface area contributed by atoms with Crippen LogP contribution in [0.4, 0.5) is 0 Å². The second-order valence-electron chi connectivity index (χ2n) is 15.4. The van der Waals surface area contributed by atoms with Gasteiger partial charge in [-0.15, -0.1) is 0 Å². The lowest BCUT2D eigenvalue weighted by atomic mass is 10.0. The van der Waals surface area contributed by atoms with E-state index in [1.165, 1.54) is 218 Å². The number of nitrogens with one attached hydrogen (secondary N) is 1. The SMILES string of the molecule is CCCCCCCCCCCCCCCCCCCCCCCCCC(=O)NCCC(O)CCCCCCCCCCCCCCC. The van der Waals surface area contributed by atoms with Crippen LogP contribution in [0.3, 0.4) is 0 Å². The molecule has 0 radical (unpaired) electrons. The maximum absolute atomic E-state index is 12.1. The summed E-state index contributed by atoms with van der Waals surface area (Å²) in [5.41, 5.74) is 0. The van der Waals surface area contributed by atoms with Gasteiger partial charge in [0.1, 0.15) is 0 Å². The molecule has 0 saturated carbocycles. The van der Waals surface area contributed by atoms with E-state index in [1.54, 1.807) is 0 Å². The van der Waals surface area contributed by atoms with Gasteiger partial charge in [0.2, 0.25) is 5.91 Å². The van der Waals surface area contributed by atoms with Gasteiger partial charge < -0.3 is 10.4 Å². The molecule has 3 heteroatoms. The fraction of sp³-hybridized carbons (Fsp3) is 0.977. The van der Waals surface area contributed by atoms with Gasteiger partial charge in [0.25, 0.3) is 0 Å². The molecule has 1 amide bonds. The van der Waals surface area contributed by atoms with E-state index in [4.69, 9.17) is 0 Å². The largest absolute Gasteiger partial charge is 0.393 e. The van der Waals surface area contributed by atoms with Crippen molar-refractivity contribution in [2.24, 2.45) is 0 Å². The first-order valence-electron chi connectivity index (χ1n) is 22.2. The number of aliphatic hydroxyl groups is 1. The van der Waals surface area contributed by atoms with Crippen LogP contribution in [0.5, 0.6) is 0 Å². The first-order valence-corrected chi connectivity index (χ1v) is 22.2. The van der Waals surface area contributed by atoms with Gasteiger partial charge in [0.15, 0.2) is 0 Å². The summed E-state index contributed by atoms with van der Waals surface area (Å²) in [6.45, 7) is 5.21. The number of amides is 1. The van der Waals surface area contributed by atoms with Crippen LogP contribution in [0.25, 0.3) is 0 Å². The average Bonchev–Trinajstić information content (AvgIpc) is 3.07. The summed E-state index contributed by atoms with van der Waals surface area (Å²) in [6.07, 6.45) is 51.7. The van der Waals surface area contributed by atoms with E-state index in [-0.39, 0.29) is 12.0 Å². The highest BCUT2D eigenvalue weighted by molar-refractivity contribution is 5.75. The van der Waals surface area contributed by atoms with Crippen molar-refractivity contribution in [1.82, 2.24) is 5.32 Å². The lowest BCUT2D eigenvalue weighted by Crippen LogP contribution is -2.26. The van der Waals surface area contributed by atoms with E-state index in [0.717, 1.165) is 19.3 Å². The molecular weight excluding hydrogens is 574 g/mol. The number of hydrogen-bond acceptors (Lipinski definition) is 2. The molecule has 0 fully saturated rings. The number of aliphatic hydroxyl groups excluding tert-OH is 1. The lowest BCUT2D eigenvalue weighted by molar-refractivity contribution is -0.121. The van der Waals surface area contributed by atoms with E-state index in [2.05, 4.69) is 19.2 Å². The topological polar surface area (TPSA) is 49.3 Å². The zero-order valence-corrected chi connectivity index (χ0v) is 32.7. The third-order valence-corrected chi connectivity index (χ3v) is 10.4. The van der Waals surface area contributed by atoms with E-state index < -0.39 is 0 Å². The summed E-state index contributed by atoms with van der Waals surface area (Å²) < 4.78 is 0. The van der Waals surface area contributed by atoms with Crippen LogP contribution in [0.2, 0.25) is 0 Å². The Labute approximate surface area is 297 Å². The van der Waals surface area contributed by atoms with Crippen molar-refractivity contribution in [2.45, 2.75) is 270 Å². The summed E-state index contributed by atoms with van der Waals surface area (Å²) in [5, 5.41) is 13.3. The quantitative estimate of drug-likeness (QED) is 0.0640. The monoisotopic (exact) mass is 664 g/mol. The normalized spacial score (nSPS) is 12.1. The molecule has 282 valence electrons. The van der Waals surface area contributed by atoms with Crippen LogP contribution in [0.15, 0.2) is 0 Å². The molecule has 0 spiro atoms. The molecule has 0 aliphatic carbocycles. The molecule has 0 aliphatic rings. The number of carbonyl (C=O) groups excluding carboxylic acids is 1. The third kappa shape index (κ3) is 41.5. The third-order valence-electron chi connectivity index (χ3n) is 10.4. The molecule has 0 saturated heterocycles. The van der Waals surface area contributed by atoms with Gasteiger partial charge in [-0.25, -0.2) is 0 Å². The van der Waals surface area contributed by atoms with Gasteiger partial charge in [-0.2, -0.15) is 0 Å². The molecule has 3 nitrogen and oxygen atoms in total. The molecule has 0 heterocycles. The fourth-order valence-electron chi connectivity index (χ4n) is 7.08. The highest BCUT2D eigenvalue weighted by atomic mass is 16.3. The molecule has 2 N–H and O–H groups in total. The number of hydrogen-bond donors (Lipinski definition) is 2. The second kappa shape index (κ2) is 41.6. The molecule has 0 aromatic carbocycles. The van der Waals surface area contributed by atoms with Crippen molar-refractivity contribution in [3.63, 3.8) is 0 Å². The van der Waals surface area contributed by atoms with Crippen molar-refractivity contribution in [2.75, 3.05) is 6.54 Å². The molecule has 1 unspecified atom stereocenters. The predicted octanol–water partition coefficient (Wildman–Crippen LogP) is 14.7. The van der Waals surface area contributed by atoms with Gasteiger partial charge in [-0.1, -0.05) is 239 Å². The molecule has 47 heavy (non-hydrogen) atoms. The molecular formula is C44H89NO2. The zero-order chi connectivity index (χ0) is 34.1. The highest BCUT2D eigenvalue weighted by Gasteiger charge is 2.06. The van der Waals surface area contributed by atoms with Gasteiger partial charge >= 0.3 is 0 Å². The lowest BCUT2D eigenvalue weighted by Gasteiger charge is -2.11. The molecule has 0 aromatic heterocycles. The minimum Gasteiger partial charge on any atom is -0.393 e. The Balaban J connectivity index is 3.23. The fourth-order valence-corrected chi connectivity index (χ4v) is 7.08. The Hall–Kier alpha value is -0.570. The molecule has 0 aromatic rings. The van der Waals surface area contributed by atoms with Crippen molar-refractivity contribution < 1.29 is 9.90 Å². The number of unbranched alkanes of at least 4 members (excludes halogenated alkanes) is 34. The summed E-state index contributed by atoms with van der Waals surface area (Å²) in [7, 11) is 0. The maximum Gasteiger partial charge on any atom is 0.219 e. The molecule has 1 atom stereocenters. The summed E-state index contributed by atoms with van der Waals surface area (Å²) in [6, 6.07) is 0. The van der Waals surface area contributed by atoms with Crippen molar-refractivity contribution in [3.8, 4) is 0 Å². The standard InChI is InChI=1S/C44H89NO2/c1-3-5-7-9-11-13-15-17-18-19-20-21-22-23-24-25-26-28-30-32-34-36-38-40-44(47)45-42-41-43(46)39-37-35-33-31-29-27-16-14-12-10-8-6-4-2/h43,46H,3-42H2,1-2H3,(H,45,47). The Morgan fingerprint density at radius 2 is 0.638 bits per heavy atom. The Morgan fingerprint density at radius 3 is 0.936 bits per heavy atom. The van der Waals surface area contributed by atoms with Crippen LogP contribution >= 0.6 is 0 Å². The van der Waals surface area contributed by atoms with E-state index in [9.17, 15) is 9.90 Å². The highest BCUT2D eigenvalue weighted by Crippen LogP contribution is 2.17. The average molecular weight is 664 g/mol. The number of carbonyl (C=O) groups is 1. The van der Waals surface area contributed by atoms with Gasteiger partial charge in [0.05, 0.1) is 6.10 Å². The van der Waals surface area contributed by atoms with Crippen LogP contribution in [-0.2, 0) is 4.79 Å². The summed E-state index contributed by atoms with van der Waals surface area (Å²) >= 11 is 0. The predicted molar refractivity (Wildman–Crippen MR) is 210 cm³/mol. The molecule has 0 rings (SSSR count). The van der Waals surface area contributed by atoms with E-state index in [0.29, 0.717) is 19.4 Å². The van der Waals surface area contributed by atoms with Crippen LogP contribution in [0.1, 0.15) is 264 Å². The summed E-state index contributed by atoms with van der Waals surface area (Å²) in [4.78, 5) is 12.1. The first-order chi connectivity index (χ1) is 23.2. The second-order valence-corrected chi connectivity index (χ2v) is 15.4. The Morgan fingerprint density at radius 1 is 0.383 bits per heavy atom. The van der Waals surface area contributed by atoms with Crippen LogP contribution < -0.4 is 5.32 Å². The Kier molecular flexibility index (Phi) is 41.1. The Bertz CT molecular complexity index is 579. The minimum absolute atomic E-state index is 0.168. The van der Waals surface area contributed by atoms with E-state index in [1.807, 2.05) is 0 Å². The van der Waals surface area contributed by atoms with Crippen molar-refractivity contribution in [1.29, 1.82) is 0 Å². The van der Waals surface area contributed by atoms with Gasteiger partial charge in [0, 0.05) is 13.0 Å². The molecule has 0 bridgehead atoms. The van der Waals surface area contributed by atoms with Crippen LogP contribution in [0, 0.1) is 0 Å². The molecule has 0 aliphatic heterocycles.